The fourth-order valence-corrected chi connectivity index (χ4v) is 3.63. The number of phenols is 1. The molecule has 0 aliphatic heterocycles. The van der Waals surface area contributed by atoms with E-state index in [-0.39, 0.29) is 17.1 Å². The number of rotatable bonds is 5. The van der Waals surface area contributed by atoms with Crippen LogP contribution in [0.5, 0.6) is 5.75 Å². The number of thioether (sulfide) groups is 1. The molecular weight excluding hydrogens is 372 g/mol. The Bertz CT molecular complexity index is 989. The summed E-state index contributed by atoms with van der Waals surface area (Å²) >= 11 is 1.51. The van der Waals surface area contributed by atoms with Crippen LogP contribution in [0.4, 0.5) is 5.69 Å². The summed E-state index contributed by atoms with van der Waals surface area (Å²) in [6.45, 7) is 8.13. The van der Waals surface area contributed by atoms with E-state index < -0.39 is 0 Å². The summed E-state index contributed by atoms with van der Waals surface area (Å²) in [5.74, 6) is 1.12. The Hall–Kier alpha value is -2.73. The molecule has 1 amide bonds. The summed E-state index contributed by atoms with van der Waals surface area (Å²) < 4.78 is 5.24. The number of hydrogen-bond donors (Lipinski definition) is 2. The van der Waals surface area contributed by atoms with Gasteiger partial charge in [-0.25, -0.2) is 0 Å². The molecule has 0 fully saturated rings. The lowest BCUT2D eigenvalue weighted by Crippen LogP contribution is -2.15. The zero-order valence-corrected chi connectivity index (χ0v) is 17.3. The number of anilines is 1. The predicted octanol–water partition coefficient (Wildman–Crippen LogP) is 5.53. The Labute approximate surface area is 169 Å². The first kappa shape index (κ1) is 20.0. The number of carbonyl (C=O) groups is 1. The quantitative estimate of drug-likeness (QED) is 0.438. The Morgan fingerprint density at radius 3 is 2.61 bits per heavy atom. The van der Waals surface area contributed by atoms with Crippen LogP contribution in [0.2, 0.25) is 0 Å². The highest BCUT2D eigenvalue weighted by Crippen LogP contribution is 2.32. The van der Waals surface area contributed by atoms with Gasteiger partial charge in [0, 0.05) is 11.0 Å². The minimum absolute atomic E-state index is 0.0450. The van der Waals surface area contributed by atoms with E-state index in [1.807, 2.05) is 43.3 Å². The van der Waals surface area contributed by atoms with Crippen molar-refractivity contribution in [3.05, 3.63) is 71.1 Å². The van der Waals surface area contributed by atoms with Gasteiger partial charge in [0.25, 0.3) is 5.91 Å². The Morgan fingerprint density at radius 1 is 1.18 bits per heavy atom. The molecular formula is C22H24N2O3S. The highest BCUT2D eigenvalue weighted by molar-refractivity contribution is 7.98. The number of aromatic hydroxyl groups is 1. The molecule has 2 aromatic carbocycles. The molecule has 0 radical (unpaired) electrons. The molecule has 0 bridgehead atoms. The molecule has 0 saturated carbocycles. The first-order valence-corrected chi connectivity index (χ1v) is 10.0. The first-order chi connectivity index (χ1) is 13.2. The smallest absolute Gasteiger partial charge is 0.256 e. The maximum absolute atomic E-state index is 12.9. The molecule has 28 heavy (non-hydrogen) atoms. The summed E-state index contributed by atoms with van der Waals surface area (Å²) in [6, 6.07) is 14.6. The molecule has 0 saturated heterocycles. The average Bonchev–Trinajstić information content (AvgIpc) is 3.06. The Balaban J connectivity index is 1.80. The average molecular weight is 397 g/mol. The number of amides is 1. The monoisotopic (exact) mass is 396 g/mol. The summed E-state index contributed by atoms with van der Waals surface area (Å²) in [6.07, 6.45) is 0. The van der Waals surface area contributed by atoms with Crippen LogP contribution in [0.25, 0.3) is 0 Å². The van der Waals surface area contributed by atoms with Gasteiger partial charge < -0.3 is 14.9 Å². The number of nitrogens with one attached hydrogen (secondary N) is 1. The summed E-state index contributed by atoms with van der Waals surface area (Å²) in [5, 5.41) is 16.9. The van der Waals surface area contributed by atoms with Crippen molar-refractivity contribution in [3.63, 3.8) is 0 Å². The molecule has 146 valence electrons. The molecule has 5 nitrogen and oxygen atoms in total. The lowest BCUT2D eigenvalue weighted by atomic mass is 9.87. The van der Waals surface area contributed by atoms with Crippen LogP contribution >= 0.6 is 11.8 Å². The SMILES string of the molecule is Cc1cc(CSc2ccccc2C(=O)Nc2cc(C(C)(C)C)ccc2O)on1. The van der Waals surface area contributed by atoms with E-state index in [1.165, 1.54) is 11.8 Å². The molecule has 0 spiro atoms. The number of aryl methyl sites for hydroxylation is 1. The van der Waals surface area contributed by atoms with Gasteiger partial charge in [0.2, 0.25) is 0 Å². The van der Waals surface area contributed by atoms with E-state index in [0.29, 0.717) is 17.0 Å². The maximum atomic E-state index is 12.9. The number of hydrogen-bond acceptors (Lipinski definition) is 5. The second-order valence-corrected chi connectivity index (χ2v) is 8.67. The van der Waals surface area contributed by atoms with Gasteiger partial charge in [-0.3, -0.25) is 4.79 Å². The third-order valence-corrected chi connectivity index (χ3v) is 5.39. The molecule has 1 aromatic heterocycles. The molecule has 6 heteroatoms. The van der Waals surface area contributed by atoms with Crippen molar-refractivity contribution in [1.82, 2.24) is 5.16 Å². The fraction of sp³-hybridized carbons (Fsp3) is 0.273. The molecule has 3 rings (SSSR count). The van der Waals surface area contributed by atoms with E-state index in [2.05, 4.69) is 31.2 Å². The largest absolute Gasteiger partial charge is 0.506 e. The van der Waals surface area contributed by atoms with Crippen molar-refractivity contribution in [2.45, 2.75) is 43.8 Å². The van der Waals surface area contributed by atoms with Gasteiger partial charge in [0.05, 0.1) is 22.7 Å². The standard InChI is InChI=1S/C22H24N2O3S/c1-14-11-16(27-24-14)13-28-20-8-6-5-7-17(20)21(26)23-18-12-15(22(2,3)4)9-10-19(18)25/h5-12,25H,13H2,1-4H3,(H,23,26). The van der Waals surface area contributed by atoms with Crippen molar-refractivity contribution < 1.29 is 14.4 Å². The van der Waals surface area contributed by atoms with Gasteiger partial charge >= 0.3 is 0 Å². The van der Waals surface area contributed by atoms with E-state index in [1.54, 1.807) is 12.1 Å². The van der Waals surface area contributed by atoms with Gasteiger partial charge in [0.1, 0.15) is 11.5 Å². The molecule has 0 aliphatic rings. The number of benzene rings is 2. The van der Waals surface area contributed by atoms with Crippen molar-refractivity contribution in [2.75, 3.05) is 5.32 Å². The molecule has 3 aromatic rings. The zero-order valence-electron chi connectivity index (χ0n) is 16.4. The van der Waals surface area contributed by atoms with Crippen molar-refractivity contribution in [3.8, 4) is 5.75 Å². The number of carbonyl (C=O) groups excluding carboxylic acids is 1. The van der Waals surface area contributed by atoms with Gasteiger partial charge in [-0.05, 0) is 42.2 Å². The lowest BCUT2D eigenvalue weighted by molar-refractivity contribution is 0.102. The third-order valence-electron chi connectivity index (χ3n) is 4.29. The topological polar surface area (TPSA) is 75.4 Å². The molecule has 0 unspecified atom stereocenters. The van der Waals surface area contributed by atoms with Crippen LogP contribution < -0.4 is 5.32 Å². The number of nitrogens with zero attached hydrogens (tertiary/aromatic N) is 1. The molecule has 0 atom stereocenters. The predicted molar refractivity (Wildman–Crippen MR) is 112 cm³/mol. The second kappa shape index (κ2) is 8.10. The summed E-state index contributed by atoms with van der Waals surface area (Å²) in [4.78, 5) is 13.7. The Kier molecular flexibility index (Phi) is 5.79. The highest BCUT2D eigenvalue weighted by atomic mass is 32.2. The number of phenolic OH excluding ortho intramolecular Hbond substituents is 1. The summed E-state index contributed by atoms with van der Waals surface area (Å²) in [5.41, 5.74) is 2.73. The van der Waals surface area contributed by atoms with Crippen LogP contribution in [0.1, 0.15) is 48.1 Å². The highest BCUT2D eigenvalue weighted by Gasteiger charge is 2.18. The zero-order chi connectivity index (χ0) is 20.3. The lowest BCUT2D eigenvalue weighted by Gasteiger charge is -2.20. The van der Waals surface area contributed by atoms with Gasteiger partial charge in [-0.1, -0.05) is 44.1 Å². The van der Waals surface area contributed by atoms with Gasteiger partial charge in [-0.2, -0.15) is 0 Å². The number of aromatic nitrogens is 1. The summed E-state index contributed by atoms with van der Waals surface area (Å²) in [7, 11) is 0. The van der Waals surface area contributed by atoms with E-state index >= 15 is 0 Å². The second-order valence-electron chi connectivity index (χ2n) is 7.66. The van der Waals surface area contributed by atoms with E-state index in [0.717, 1.165) is 21.9 Å². The van der Waals surface area contributed by atoms with Crippen LogP contribution in [0.3, 0.4) is 0 Å². The van der Waals surface area contributed by atoms with Crippen molar-refractivity contribution >= 4 is 23.4 Å². The minimum atomic E-state index is -0.266. The van der Waals surface area contributed by atoms with E-state index in [9.17, 15) is 9.90 Å². The first-order valence-electron chi connectivity index (χ1n) is 9.03. The van der Waals surface area contributed by atoms with Crippen LogP contribution in [-0.4, -0.2) is 16.2 Å². The Morgan fingerprint density at radius 2 is 1.93 bits per heavy atom. The molecule has 1 heterocycles. The van der Waals surface area contributed by atoms with Crippen LogP contribution in [0, 0.1) is 6.92 Å². The van der Waals surface area contributed by atoms with Crippen LogP contribution in [-0.2, 0) is 11.2 Å². The van der Waals surface area contributed by atoms with Crippen LogP contribution in [0.15, 0.2) is 57.9 Å². The molecule has 0 aliphatic carbocycles. The maximum Gasteiger partial charge on any atom is 0.256 e. The van der Waals surface area contributed by atoms with Gasteiger partial charge in [0.15, 0.2) is 0 Å². The fourth-order valence-electron chi connectivity index (χ4n) is 2.71. The minimum Gasteiger partial charge on any atom is -0.506 e. The normalized spacial score (nSPS) is 11.4. The third kappa shape index (κ3) is 4.75. The van der Waals surface area contributed by atoms with Gasteiger partial charge in [-0.15, -0.1) is 11.8 Å². The van der Waals surface area contributed by atoms with Crippen molar-refractivity contribution in [2.24, 2.45) is 0 Å². The van der Waals surface area contributed by atoms with Crippen molar-refractivity contribution in [1.29, 1.82) is 0 Å². The van der Waals surface area contributed by atoms with E-state index in [4.69, 9.17) is 4.52 Å². The molecule has 2 N–H and O–H groups in total.